The van der Waals surface area contributed by atoms with Gasteiger partial charge in [0.05, 0.1) is 6.26 Å². The first-order valence-corrected chi connectivity index (χ1v) is 5.91. The van der Waals surface area contributed by atoms with E-state index in [2.05, 4.69) is 24.8 Å². The average Bonchev–Trinajstić information content (AvgIpc) is 2.45. The van der Waals surface area contributed by atoms with Crippen molar-refractivity contribution in [2.24, 2.45) is 0 Å². The summed E-state index contributed by atoms with van der Waals surface area (Å²) in [7, 11) is 0. The largest absolute Gasteiger partial charge is 0.498 e. The fourth-order valence-corrected chi connectivity index (χ4v) is 1.73. The lowest BCUT2D eigenvalue weighted by Gasteiger charge is -2.11. The molecule has 0 N–H and O–H groups in total. The molecule has 2 aromatic carbocycles. The number of para-hydroxylation sites is 1. The Kier molecular flexibility index (Phi) is 4.42. The predicted molar refractivity (Wildman–Crippen MR) is 73.5 cm³/mol. The van der Waals surface area contributed by atoms with Gasteiger partial charge in [-0.2, -0.15) is 0 Å². The molecule has 0 bridgehead atoms. The summed E-state index contributed by atoms with van der Waals surface area (Å²) in [5, 5.41) is 0. The quantitative estimate of drug-likeness (QED) is 0.563. The molecule has 2 rings (SSSR count). The minimum atomic E-state index is 0.507. The summed E-state index contributed by atoms with van der Waals surface area (Å²) < 4.78 is 10.8. The van der Waals surface area contributed by atoms with Crippen LogP contribution in [0.2, 0.25) is 0 Å². The van der Waals surface area contributed by atoms with Gasteiger partial charge in [0, 0.05) is 5.56 Å². The van der Waals surface area contributed by atoms with Crippen LogP contribution in [0.15, 0.2) is 67.4 Å². The van der Waals surface area contributed by atoms with Crippen molar-refractivity contribution >= 4 is 0 Å². The van der Waals surface area contributed by atoms with E-state index in [1.165, 1.54) is 6.26 Å². The highest BCUT2D eigenvalue weighted by Gasteiger charge is 2.04. The van der Waals surface area contributed by atoms with Crippen LogP contribution < -0.4 is 4.74 Å². The molecule has 2 nitrogen and oxygen atoms in total. The number of rotatable bonds is 6. The molecule has 0 heterocycles. The van der Waals surface area contributed by atoms with Crippen LogP contribution in [0.1, 0.15) is 0 Å². The Balaban J connectivity index is 2.13. The molecule has 2 heteroatoms. The second-order valence-electron chi connectivity index (χ2n) is 3.75. The Morgan fingerprint density at radius 2 is 1.61 bits per heavy atom. The third-order valence-electron chi connectivity index (χ3n) is 2.55. The Morgan fingerprint density at radius 3 is 2.39 bits per heavy atom. The minimum absolute atomic E-state index is 0.507. The predicted octanol–water partition coefficient (Wildman–Crippen LogP) is 3.89. The fraction of sp³-hybridized carbons (Fsp3) is 0.125. The van der Waals surface area contributed by atoms with E-state index in [4.69, 9.17) is 9.47 Å². The van der Waals surface area contributed by atoms with E-state index < -0.39 is 0 Å². The van der Waals surface area contributed by atoms with Crippen LogP contribution in [0.3, 0.4) is 0 Å². The minimum Gasteiger partial charge on any atom is -0.498 e. The van der Waals surface area contributed by atoms with Gasteiger partial charge in [0.25, 0.3) is 0 Å². The summed E-state index contributed by atoms with van der Waals surface area (Å²) in [6.07, 6.45) is 1.42. The van der Waals surface area contributed by atoms with Crippen LogP contribution in [0, 0.1) is 0 Å². The van der Waals surface area contributed by atoms with Gasteiger partial charge in [0.2, 0.25) is 0 Å². The SMILES string of the molecule is C=COCCOc1ccccc1-c1ccccc1. The van der Waals surface area contributed by atoms with Crippen molar-refractivity contribution in [2.75, 3.05) is 13.2 Å². The highest BCUT2D eigenvalue weighted by atomic mass is 16.5. The molecule has 0 amide bonds. The Morgan fingerprint density at radius 1 is 0.889 bits per heavy atom. The first-order valence-electron chi connectivity index (χ1n) is 5.91. The summed E-state index contributed by atoms with van der Waals surface area (Å²) in [5.41, 5.74) is 2.24. The number of hydrogen-bond acceptors (Lipinski definition) is 2. The molecule has 18 heavy (non-hydrogen) atoms. The van der Waals surface area contributed by atoms with Crippen molar-refractivity contribution in [1.29, 1.82) is 0 Å². The van der Waals surface area contributed by atoms with Crippen molar-refractivity contribution < 1.29 is 9.47 Å². The molecule has 2 aromatic rings. The van der Waals surface area contributed by atoms with Crippen LogP contribution in [-0.4, -0.2) is 13.2 Å². The highest BCUT2D eigenvalue weighted by molar-refractivity contribution is 5.70. The molecule has 0 unspecified atom stereocenters. The normalized spacial score (nSPS) is 9.78. The second kappa shape index (κ2) is 6.50. The van der Waals surface area contributed by atoms with Crippen molar-refractivity contribution in [1.82, 2.24) is 0 Å². The summed E-state index contributed by atoms with van der Waals surface area (Å²) in [6, 6.07) is 18.2. The Labute approximate surface area is 107 Å². The average molecular weight is 240 g/mol. The lowest BCUT2D eigenvalue weighted by atomic mass is 10.1. The van der Waals surface area contributed by atoms with Crippen molar-refractivity contribution in [3.05, 3.63) is 67.4 Å². The summed E-state index contributed by atoms with van der Waals surface area (Å²) in [6.45, 7) is 4.51. The maximum atomic E-state index is 5.72. The molecular weight excluding hydrogens is 224 g/mol. The molecule has 0 aromatic heterocycles. The standard InChI is InChI=1S/C16H16O2/c1-2-17-12-13-18-16-11-7-6-10-15(16)14-8-4-3-5-9-14/h2-11H,1,12-13H2. The zero-order chi connectivity index (χ0) is 12.6. The Bertz CT molecular complexity index is 491. The topological polar surface area (TPSA) is 18.5 Å². The molecule has 0 saturated heterocycles. The van der Waals surface area contributed by atoms with Gasteiger partial charge in [0.1, 0.15) is 19.0 Å². The van der Waals surface area contributed by atoms with Crippen LogP contribution in [0.25, 0.3) is 11.1 Å². The first kappa shape index (κ1) is 12.2. The third-order valence-corrected chi connectivity index (χ3v) is 2.55. The van der Waals surface area contributed by atoms with E-state index >= 15 is 0 Å². The van der Waals surface area contributed by atoms with Gasteiger partial charge in [0.15, 0.2) is 0 Å². The highest BCUT2D eigenvalue weighted by Crippen LogP contribution is 2.29. The van der Waals surface area contributed by atoms with E-state index in [0.717, 1.165) is 16.9 Å². The summed E-state index contributed by atoms with van der Waals surface area (Å²) in [5.74, 6) is 0.872. The molecule has 0 atom stereocenters. The maximum Gasteiger partial charge on any atom is 0.127 e. The van der Waals surface area contributed by atoms with Gasteiger partial charge in [-0.15, -0.1) is 0 Å². The third kappa shape index (κ3) is 3.14. The fourth-order valence-electron chi connectivity index (χ4n) is 1.73. The monoisotopic (exact) mass is 240 g/mol. The second-order valence-corrected chi connectivity index (χ2v) is 3.75. The van der Waals surface area contributed by atoms with Gasteiger partial charge in [-0.3, -0.25) is 0 Å². The maximum absolute atomic E-state index is 5.72. The zero-order valence-electron chi connectivity index (χ0n) is 10.2. The number of hydrogen-bond donors (Lipinski definition) is 0. The van der Waals surface area contributed by atoms with E-state index in [0.29, 0.717) is 13.2 Å². The van der Waals surface area contributed by atoms with Crippen LogP contribution in [0.4, 0.5) is 0 Å². The molecule has 0 aliphatic rings. The van der Waals surface area contributed by atoms with Crippen LogP contribution in [0.5, 0.6) is 5.75 Å². The lowest BCUT2D eigenvalue weighted by Crippen LogP contribution is -2.04. The molecule has 0 aliphatic heterocycles. The van der Waals surface area contributed by atoms with E-state index in [-0.39, 0.29) is 0 Å². The smallest absolute Gasteiger partial charge is 0.127 e. The van der Waals surface area contributed by atoms with E-state index in [9.17, 15) is 0 Å². The van der Waals surface area contributed by atoms with Gasteiger partial charge < -0.3 is 9.47 Å². The number of benzene rings is 2. The molecule has 92 valence electrons. The van der Waals surface area contributed by atoms with Gasteiger partial charge in [-0.25, -0.2) is 0 Å². The molecule has 0 saturated carbocycles. The van der Waals surface area contributed by atoms with Gasteiger partial charge in [-0.1, -0.05) is 55.1 Å². The summed E-state index contributed by atoms with van der Waals surface area (Å²) >= 11 is 0. The molecule has 0 aliphatic carbocycles. The van der Waals surface area contributed by atoms with Gasteiger partial charge >= 0.3 is 0 Å². The number of ether oxygens (including phenoxy) is 2. The zero-order valence-corrected chi connectivity index (χ0v) is 10.2. The van der Waals surface area contributed by atoms with Gasteiger partial charge in [-0.05, 0) is 11.6 Å². The van der Waals surface area contributed by atoms with Crippen molar-refractivity contribution in [3.8, 4) is 16.9 Å². The van der Waals surface area contributed by atoms with Crippen LogP contribution in [-0.2, 0) is 4.74 Å². The molecular formula is C16H16O2. The van der Waals surface area contributed by atoms with Crippen molar-refractivity contribution in [3.63, 3.8) is 0 Å². The van der Waals surface area contributed by atoms with E-state index in [1.54, 1.807) is 0 Å². The molecule has 0 radical (unpaired) electrons. The van der Waals surface area contributed by atoms with Crippen LogP contribution >= 0.6 is 0 Å². The molecule has 0 fully saturated rings. The molecule has 0 spiro atoms. The first-order chi connectivity index (χ1) is 8.92. The van der Waals surface area contributed by atoms with Crippen molar-refractivity contribution in [2.45, 2.75) is 0 Å². The lowest BCUT2D eigenvalue weighted by molar-refractivity contribution is 0.180. The van der Waals surface area contributed by atoms with E-state index in [1.807, 2.05) is 36.4 Å². The Hall–Kier alpha value is -2.22. The summed E-state index contributed by atoms with van der Waals surface area (Å²) in [4.78, 5) is 0.